The first-order valence-electron chi connectivity index (χ1n) is 21.4. The van der Waals surface area contributed by atoms with Crippen molar-refractivity contribution in [3.05, 3.63) is 81.9 Å². The van der Waals surface area contributed by atoms with Crippen molar-refractivity contribution >= 4 is 32.1 Å². The lowest BCUT2D eigenvalue weighted by Gasteiger charge is -2.27. The molecule has 0 spiro atoms. The molecule has 59 heavy (non-hydrogen) atoms. The van der Waals surface area contributed by atoms with E-state index < -0.39 is 43.7 Å². The Morgan fingerprint density at radius 1 is 0.898 bits per heavy atom. The van der Waals surface area contributed by atoms with Gasteiger partial charge in [-0.3, -0.25) is 4.79 Å². The molecule has 1 N–H and O–H groups in total. The molecule has 0 aliphatic heterocycles. The average Bonchev–Trinajstić information content (AvgIpc) is 3.51. The molecule has 12 heteroatoms. The summed E-state index contributed by atoms with van der Waals surface area (Å²) in [6.07, 6.45) is 3.81. The number of aliphatic hydroxyl groups is 1. The summed E-state index contributed by atoms with van der Waals surface area (Å²) in [5, 5.41) is 10.1. The molecule has 0 aromatic heterocycles. The van der Waals surface area contributed by atoms with Crippen LogP contribution in [-0.4, -0.2) is 84.9 Å². The summed E-state index contributed by atoms with van der Waals surface area (Å²) in [5.41, 5.74) is 8.00. The van der Waals surface area contributed by atoms with Crippen molar-refractivity contribution in [1.82, 2.24) is 4.31 Å². The highest BCUT2D eigenvalue weighted by molar-refractivity contribution is 7.89. The average molecular weight is 868 g/mol. The minimum atomic E-state index is -3.80. The van der Waals surface area contributed by atoms with Crippen LogP contribution >= 0.6 is 0 Å². The Bertz CT molecular complexity index is 1940. The fourth-order valence-electron chi connectivity index (χ4n) is 7.84. The molecule has 9 nitrogen and oxygen atoms in total. The van der Waals surface area contributed by atoms with Crippen molar-refractivity contribution in [3.8, 4) is 22.6 Å². The van der Waals surface area contributed by atoms with Crippen LogP contribution < -0.4 is 9.47 Å². The van der Waals surface area contributed by atoms with Crippen molar-refractivity contribution in [3.63, 3.8) is 0 Å². The van der Waals surface area contributed by atoms with Crippen LogP contribution in [0.4, 0.5) is 0 Å². The van der Waals surface area contributed by atoms with Crippen molar-refractivity contribution in [1.29, 1.82) is 0 Å². The van der Waals surface area contributed by atoms with Gasteiger partial charge in [0.1, 0.15) is 24.3 Å². The maximum Gasteiger partial charge on any atom is 0.306 e. The first kappa shape index (κ1) is 48.7. The molecule has 0 saturated carbocycles. The fraction of sp³-hybridized carbons (Fsp3) is 0.596. The van der Waals surface area contributed by atoms with Crippen LogP contribution in [0.1, 0.15) is 91.4 Å². The zero-order valence-corrected chi connectivity index (χ0v) is 40.9. The van der Waals surface area contributed by atoms with Crippen LogP contribution in [0.25, 0.3) is 11.1 Å². The van der Waals surface area contributed by atoms with Gasteiger partial charge >= 0.3 is 5.97 Å². The molecule has 0 saturated heterocycles. The highest BCUT2D eigenvalue weighted by Gasteiger charge is 2.32. The van der Waals surface area contributed by atoms with Gasteiger partial charge in [-0.05, 0) is 129 Å². The van der Waals surface area contributed by atoms with Crippen LogP contribution in [0.2, 0.25) is 51.4 Å². The third-order valence-electron chi connectivity index (χ3n) is 11.2. The number of benzene rings is 3. The Morgan fingerprint density at radius 3 is 2.17 bits per heavy atom. The monoisotopic (exact) mass is 867 g/mol. The lowest BCUT2D eigenvalue weighted by molar-refractivity contribution is -0.140. The van der Waals surface area contributed by atoms with Gasteiger partial charge in [0.05, 0.1) is 31.5 Å². The summed E-state index contributed by atoms with van der Waals surface area (Å²) < 4.78 is 53.7. The van der Waals surface area contributed by atoms with Gasteiger partial charge in [-0.25, -0.2) is 8.42 Å². The van der Waals surface area contributed by atoms with Crippen LogP contribution in [0.15, 0.2) is 48.5 Å². The highest BCUT2D eigenvalue weighted by atomic mass is 32.2. The molecule has 0 heterocycles. The Kier molecular flexibility index (Phi) is 17.1. The standard InChI is InChI=1S/C47H73NO8SSi2/c1-34-28-38(56-44-21-20-41-42(44)16-15-17-43(41)46-35(2)29-39(30-36(46)3)55-24-22-47(4,5)50)18-19-40(34)37(31-45(49)53-6)32-57(51,52)48(23-13-14-26-58(7,8)9)33-54-25-27-59(10,11)12/h15-19,28-30,37,44,50H,13-14,20-27,31-33H2,1-12H3/t37?,44-/m1/s1. The Labute approximate surface area is 358 Å². The van der Waals surface area contributed by atoms with E-state index in [-0.39, 0.29) is 25.0 Å². The molecular weight excluding hydrogens is 795 g/mol. The number of esters is 1. The number of ether oxygens (including phenoxy) is 4. The molecule has 328 valence electrons. The van der Waals surface area contributed by atoms with E-state index in [4.69, 9.17) is 18.9 Å². The summed E-state index contributed by atoms with van der Waals surface area (Å²) in [5.74, 6) is 0.232. The fourth-order valence-corrected chi connectivity index (χ4v) is 11.6. The summed E-state index contributed by atoms with van der Waals surface area (Å²) in [6.45, 7) is 25.0. The first-order valence-corrected chi connectivity index (χ1v) is 30.5. The molecule has 2 atom stereocenters. The van der Waals surface area contributed by atoms with E-state index in [1.54, 1.807) is 13.8 Å². The van der Waals surface area contributed by atoms with Crippen molar-refractivity contribution in [2.75, 3.05) is 39.4 Å². The van der Waals surface area contributed by atoms with E-state index in [1.165, 1.54) is 33.7 Å². The van der Waals surface area contributed by atoms with Gasteiger partial charge in [0.2, 0.25) is 10.0 Å². The number of hydrogen-bond donors (Lipinski definition) is 1. The normalized spacial score (nSPS) is 15.3. The third kappa shape index (κ3) is 15.1. The van der Waals surface area contributed by atoms with E-state index in [0.717, 1.165) is 65.8 Å². The molecule has 0 radical (unpaired) electrons. The Hall–Kier alpha value is -3.01. The molecule has 0 amide bonds. The van der Waals surface area contributed by atoms with Gasteiger partial charge in [0.15, 0.2) is 0 Å². The smallest absolute Gasteiger partial charge is 0.306 e. The number of methoxy groups -OCH3 is 1. The number of carbonyl (C=O) groups is 1. The third-order valence-corrected chi connectivity index (χ3v) is 16.7. The van der Waals surface area contributed by atoms with Crippen LogP contribution in [-0.2, 0) is 30.7 Å². The van der Waals surface area contributed by atoms with E-state index in [0.29, 0.717) is 31.9 Å². The van der Waals surface area contributed by atoms with E-state index >= 15 is 0 Å². The number of fused-ring (bicyclic) bond motifs is 1. The van der Waals surface area contributed by atoms with Gasteiger partial charge in [-0.15, -0.1) is 0 Å². The molecule has 1 unspecified atom stereocenters. The topological polar surface area (TPSA) is 112 Å². The molecular formula is C47H73NO8SSi2. The molecule has 0 fully saturated rings. The first-order chi connectivity index (χ1) is 27.5. The van der Waals surface area contributed by atoms with Gasteiger partial charge in [-0.2, -0.15) is 4.31 Å². The molecule has 1 aliphatic rings. The van der Waals surface area contributed by atoms with Crippen molar-refractivity contribution in [2.24, 2.45) is 0 Å². The largest absolute Gasteiger partial charge is 0.493 e. The molecule has 3 aromatic carbocycles. The van der Waals surface area contributed by atoms with Crippen molar-refractivity contribution in [2.45, 2.75) is 142 Å². The number of hydrogen-bond acceptors (Lipinski definition) is 8. The number of rotatable bonds is 23. The quantitative estimate of drug-likeness (QED) is 0.0434. The van der Waals surface area contributed by atoms with Gasteiger partial charge < -0.3 is 24.1 Å². The van der Waals surface area contributed by atoms with E-state index in [2.05, 4.69) is 83.5 Å². The minimum absolute atomic E-state index is 0.0178. The molecule has 1 aliphatic carbocycles. The lowest BCUT2D eigenvalue weighted by atomic mass is 9.90. The predicted octanol–water partition coefficient (Wildman–Crippen LogP) is 10.6. The summed E-state index contributed by atoms with van der Waals surface area (Å²) in [4.78, 5) is 12.8. The second kappa shape index (κ2) is 20.7. The SMILES string of the molecule is COC(=O)CC(CS(=O)(=O)N(CCCC[Si](C)(C)C)COCC[Si](C)(C)C)c1ccc(O[C@@H]2CCc3c(-c4c(C)cc(OCCC(C)(C)O)cc4C)cccc32)cc1C. The van der Waals surface area contributed by atoms with Gasteiger partial charge in [0, 0.05) is 41.6 Å². The van der Waals surface area contributed by atoms with Crippen LogP contribution in [0.5, 0.6) is 11.5 Å². The second-order valence-corrected chi connectivity index (χ2v) is 32.9. The minimum Gasteiger partial charge on any atom is -0.493 e. The van der Waals surface area contributed by atoms with Gasteiger partial charge in [-0.1, -0.05) is 76.0 Å². The van der Waals surface area contributed by atoms with E-state index in [9.17, 15) is 18.3 Å². The van der Waals surface area contributed by atoms with Crippen LogP contribution in [0, 0.1) is 20.8 Å². The Morgan fingerprint density at radius 2 is 1.56 bits per heavy atom. The number of carbonyl (C=O) groups excluding carboxylic acids is 1. The van der Waals surface area contributed by atoms with Gasteiger partial charge in [0.25, 0.3) is 0 Å². The van der Waals surface area contributed by atoms with Crippen molar-refractivity contribution < 1.29 is 37.3 Å². The summed E-state index contributed by atoms with van der Waals surface area (Å²) in [7, 11) is -5.07. The maximum absolute atomic E-state index is 14.2. The molecule has 4 rings (SSSR count). The number of sulfonamides is 1. The molecule has 0 bridgehead atoms. The summed E-state index contributed by atoms with van der Waals surface area (Å²) >= 11 is 0. The highest BCUT2D eigenvalue weighted by Crippen LogP contribution is 2.43. The number of nitrogens with zero attached hydrogens (tertiary/aromatic N) is 1. The lowest BCUT2D eigenvalue weighted by Crippen LogP contribution is -2.38. The maximum atomic E-state index is 14.2. The zero-order chi connectivity index (χ0) is 43.8. The second-order valence-electron chi connectivity index (χ2n) is 19.7. The predicted molar refractivity (Wildman–Crippen MR) is 247 cm³/mol. The number of unbranched alkanes of at least 4 members (excludes halogenated alkanes) is 1. The summed E-state index contributed by atoms with van der Waals surface area (Å²) in [6, 6.07) is 18.5. The Balaban J connectivity index is 1.53. The molecule has 3 aromatic rings. The van der Waals surface area contributed by atoms with E-state index in [1.807, 2.05) is 25.1 Å². The van der Waals surface area contributed by atoms with Crippen LogP contribution in [0.3, 0.4) is 0 Å². The number of aryl methyl sites for hydroxylation is 3. The zero-order valence-electron chi connectivity index (χ0n) is 38.1.